The van der Waals surface area contributed by atoms with Crippen LogP contribution < -0.4 is 0 Å². The van der Waals surface area contributed by atoms with E-state index in [1.165, 1.54) is 11.8 Å². The Labute approximate surface area is 159 Å². The molecule has 1 atom stereocenters. The number of piperidine rings is 1. The van der Waals surface area contributed by atoms with Crippen LogP contribution in [0.15, 0.2) is 53.5 Å². The van der Waals surface area contributed by atoms with Crippen LogP contribution in [0.1, 0.15) is 45.2 Å². The second-order valence-electron chi connectivity index (χ2n) is 7.47. The molecule has 0 saturated carbocycles. The fourth-order valence-electron chi connectivity index (χ4n) is 4.56. The van der Waals surface area contributed by atoms with E-state index >= 15 is 0 Å². The molecule has 0 bridgehead atoms. The summed E-state index contributed by atoms with van der Waals surface area (Å²) < 4.78 is 16.3. The molecule has 1 amide bonds. The Hall–Kier alpha value is -2.43. The lowest BCUT2D eigenvalue weighted by molar-refractivity contribution is -0.136. The van der Waals surface area contributed by atoms with Crippen LogP contribution in [0.2, 0.25) is 0 Å². The Morgan fingerprint density at radius 2 is 2.19 bits per heavy atom. The van der Waals surface area contributed by atoms with Crippen molar-refractivity contribution in [2.24, 2.45) is 10.9 Å². The second-order valence-corrected chi connectivity index (χ2v) is 7.47. The van der Waals surface area contributed by atoms with E-state index in [2.05, 4.69) is 35.9 Å². The lowest BCUT2D eigenvalue weighted by Gasteiger charge is -2.43. The SMILES string of the molecule is C/C=C1\C(CC)=NC2(CCN(C(=O)C3CC=CC=C3F)CC2)c2cccn21. The predicted molar refractivity (Wildman–Crippen MR) is 106 cm³/mol. The van der Waals surface area contributed by atoms with Gasteiger partial charge < -0.3 is 9.47 Å². The van der Waals surface area contributed by atoms with E-state index in [4.69, 9.17) is 4.99 Å². The van der Waals surface area contributed by atoms with Crippen molar-refractivity contribution in [1.29, 1.82) is 0 Å². The number of allylic oxidation sites excluding steroid dienone is 5. The number of fused-ring (bicyclic) bond motifs is 2. The van der Waals surface area contributed by atoms with Crippen LogP contribution in [0, 0.1) is 5.92 Å². The molecule has 4 nitrogen and oxygen atoms in total. The van der Waals surface area contributed by atoms with Crippen molar-refractivity contribution in [3.8, 4) is 0 Å². The molecule has 27 heavy (non-hydrogen) atoms. The van der Waals surface area contributed by atoms with Crippen molar-refractivity contribution in [2.45, 2.75) is 45.1 Å². The molecule has 2 aliphatic heterocycles. The third-order valence-corrected chi connectivity index (χ3v) is 6.03. The number of aromatic nitrogens is 1. The minimum atomic E-state index is -0.649. The summed E-state index contributed by atoms with van der Waals surface area (Å²) in [6.45, 7) is 5.41. The van der Waals surface area contributed by atoms with Crippen molar-refractivity contribution in [1.82, 2.24) is 9.47 Å². The van der Waals surface area contributed by atoms with Gasteiger partial charge in [-0.15, -0.1) is 0 Å². The number of halogens is 1. The molecule has 1 aliphatic carbocycles. The van der Waals surface area contributed by atoms with Crippen LogP contribution in [0.4, 0.5) is 4.39 Å². The Kier molecular flexibility index (Phi) is 4.62. The number of aliphatic imine (C=N–C) groups is 1. The smallest absolute Gasteiger partial charge is 0.232 e. The van der Waals surface area contributed by atoms with Crippen molar-refractivity contribution in [2.75, 3.05) is 13.1 Å². The minimum absolute atomic E-state index is 0.0945. The zero-order chi connectivity index (χ0) is 19.0. The summed E-state index contributed by atoms with van der Waals surface area (Å²) in [5.41, 5.74) is 3.20. The number of nitrogens with zero attached hydrogens (tertiary/aromatic N) is 3. The molecule has 1 aromatic heterocycles. The molecule has 5 heteroatoms. The van der Waals surface area contributed by atoms with E-state index in [9.17, 15) is 9.18 Å². The lowest BCUT2D eigenvalue weighted by Crippen LogP contribution is -2.48. The Morgan fingerprint density at radius 3 is 2.85 bits per heavy atom. The summed E-state index contributed by atoms with van der Waals surface area (Å²) in [5.74, 6) is -1.06. The number of carbonyl (C=O) groups excluding carboxylic acids is 1. The largest absolute Gasteiger partial charge is 0.342 e. The molecule has 0 radical (unpaired) electrons. The minimum Gasteiger partial charge on any atom is -0.342 e. The van der Waals surface area contributed by atoms with Gasteiger partial charge in [0.25, 0.3) is 0 Å². The van der Waals surface area contributed by atoms with E-state index in [1.54, 1.807) is 6.08 Å². The topological polar surface area (TPSA) is 37.6 Å². The molecule has 4 rings (SSSR count). The van der Waals surface area contributed by atoms with Crippen LogP contribution >= 0.6 is 0 Å². The fourth-order valence-corrected chi connectivity index (χ4v) is 4.56. The standard InChI is InChI=1S/C22H26FN3O/c1-3-18-19(4-2)26-13-7-10-20(26)22(24-18)11-14-25(15-12-22)21(27)16-8-5-6-9-17(16)23/h4-7,9-10,13,16H,3,8,11-12,14-15H2,1-2H3/b19-4+. The highest BCUT2D eigenvalue weighted by molar-refractivity contribution is 6.19. The Morgan fingerprint density at radius 1 is 1.41 bits per heavy atom. The molecule has 1 fully saturated rings. The molecule has 1 unspecified atom stereocenters. The van der Waals surface area contributed by atoms with Gasteiger partial charge in [-0.25, -0.2) is 4.39 Å². The highest BCUT2D eigenvalue weighted by Crippen LogP contribution is 2.42. The zero-order valence-electron chi connectivity index (χ0n) is 16.0. The normalized spacial score (nSPS) is 25.4. The first-order valence-corrected chi connectivity index (χ1v) is 9.84. The number of carbonyl (C=O) groups is 1. The fraction of sp³-hybridized carbons (Fsp3) is 0.455. The number of amides is 1. The van der Waals surface area contributed by atoms with Crippen molar-refractivity contribution in [3.05, 3.63) is 54.2 Å². The van der Waals surface area contributed by atoms with E-state index in [1.807, 2.05) is 17.9 Å². The van der Waals surface area contributed by atoms with Gasteiger partial charge in [-0.05, 0) is 50.8 Å². The summed E-state index contributed by atoms with van der Waals surface area (Å²) in [4.78, 5) is 19.8. The maximum atomic E-state index is 14.1. The molecule has 0 aromatic carbocycles. The van der Waals surface area contributed by atoms with E-state index in [0.29, 0.717) is 19.5 Å². The summed E-state index contributed by atoms with van der Waals surface area (Å²) in [6, 6.07) is 4.21. The maximum absolute atomic E-state index is 14.1. The van der Waals surface area contributed by atoms with Gasteiger partial charge >= 0.3 is 0 Å². The first-order chi connectivity index (χ1) is 13.1. The van der Waals surface area contributed by atoms with Gasteiger partial charge in [-0.1, -0.05) is 25.2 Å². The lowest BCUT2D eigenvalue weighted by atomic mass is 9.82. The second kappa shape index (κ2) is 6.95. The van der Waals surface area contributed by atoms with Gasteiger partial charge in [0.05, 0.1) is 23.0 Å². The van der Waals surface area contributed by atoms with Crippen LogP contribution in [0.5, 0.6) is 0 Å². The van der Waals surface area contributed by atoms with Crippen LogP contribution in [-0.2, 0) is 10.3 Å². The number of likely N-dealkylation sites (tertiary alicyclic amines) is 1. The number of hydrogen-bond donors (Lipinski definition) is 0. The van der Waals surface area contributed by atoms with Gasteiger partial charge in [0, 0.05) is 19.3 Å². The average Bonchev–Trinajstić information content (AvgIpc) is 3.19. The van der Waals surface area contributed by atoms with Crippen LogP contribution in [0.3, 0.4) is 0 Å². The third kappa shape index (κ3) is 2.89. The number of hydrogen-bond acceptors (Lipinski definition) is 2. The van der Waals surface area contributed by atoms with Crippen LogP contribution in [-0.4, -0.2) is 34.2 Å². The van der Waals surface area contributed by atoms with E-state index < -0.39 is 5.92 Å². The Balaban J connectivity index is 1.57. The molecule has 1 saturated heterocycles. The summed E-state index contributed by atoms with van der Waals surface area (Å²) >= 11 is 0. The van der Waals surface area contributed by atoms with E-state index in [-0.39, 0.29) is 17.3 Å². The van der Waals surface area contributed by atoms with Gasteiger partial charge in [0.15, 0.2) is 0 Å². The molecular formula is C22H26FN3O. The molecule has 142 valence electrons. The summed E-state index contributed by atoms with van der Waals surface area (Å²) in [7, 11) is 0. The number of rotatable bonds is 2. The average molecular weight is 367 g/mol. The molecule has 0 N–H and O–H groups in total. The highest BCUT2D eigenvalue weighted by atomic mass is 19.1. The van der Waals surface area contributed by atoms with Gasteiger partial charge in [-0.2, -0.15) is 0 Å². The summed E-state index contributed by atoms with van der Waals surface area (Å²) in [6.07, 6.45) is 12.0. The summed E-state index contributed by atoms with van der Waals surface area (Å²) in [5, 5.41) is 0. The maximum Gasteiger partial charge on any atom is 0.232 e. The molecular weight excluding hydrogens is 341 g/mol. The van der Waals surface area contributed by atoms with E-state index in [0.717, 1.165) is 30.7 Å². The van der Waals surface area contributed by atoms with Crippen molar-refractivity contribution < 1.29 is 9.18 Å². The monoisotopic (exact) mass is 367 g/mol. The molecule has 3 heterocycles. The molecule has 1 aromatic rings. The highest BCUT2D eigenvalue weighted by Gasteiger charge is 2.43. The first-order valence-electron chi connectivity index (χ1n) is 9.84. The quantitative estimate of drug-likeness (QED) is 0.760. The van der Waals surface area contributed by atoms with Gasteiger partial charge in [0.2, 0.25) is 5.91 Å². The van der Waals surface area contributed by atoms with Gasteiger partial charge in [-0.3, -0.25) is 9.79 Å². The Bertz CT molecular complexity index is 866. The molecule has 1 spiro atoms. The molecule has 3 aliphatic rings. The van der Waals surface area contributed by atoms with Crippen molar-refractivity contribution >= 4 is 17.3 Å². The van der Waals surface area contributed by atoms with Crippen LogP contribution in [0.25, 0.3) is 5.70 Å². The first kappa shape index (κ1) is 18.0. The third-order valence-electron chi connectivity index (χ3n) is 6.03. The zero-order valence-corrected chi connectivity index (χ0v) is 16.0. The van der Waals surface area contributed by atoms with Gasteiger partial charge in [0.1, 0.15) is 11.4 Å². The van der Waals surface area contributed by atoms with Crippen molar-refractivity contribution in [3.63, 3.8) is 0 Å². The predicted octanol–water partition coefficient (Wildman–Crippen LogP) is 4.46.